The van der Waals surface area contributed by atoms with Crippen molar-refractivity contribution >= 4 is 29.1 Å². The fraction of sp³-hybridized carbons (Fsp3) is 0.176. The van der Waals surface area contributed by atoms with Crippen LogP contribution in [0.2, 0.25) is 5.02 Å². The van der Waals surface area contributed by atoms with Crippen molar-refractivity contribution in [3.05, 3.63) is 64.9 Å². The minimum Gasteiger partial charge on any atom is -0.340 e. The van der Waals surface area contributed by atoms with Gasteiger partial charge in [0, 0.05) is 22.8 Å². The zero-order valence-electron chi connectivity index (χ0n) is 12.1. The van der Waals surface area contributed by atoms with E-state index in [1.807, 2.05) is 0 Å². The third kappa shape index (κ3) is 3.35. The molecule has 23 heavy (non-hydrogen) atoms. The minimum absolute atomic E-state index is 0.195. The molecule has 1 heterocycles. The van der Waals surface area contributed by atoms with Crippen LogP contribution >= 0.6 is 11.6 Å². The van der Waals surface area contributed by atoms with Gasteiger partial charge in [-0.05, 0) is 55.0 Å². The van der Waals surface area contributed by atoms with Crippen LogP contribution < -0.4 is 10.2 Å². The fourth-order valence-corrected chi connectivity index (χ4v) is 2.66. The molecular weight excluding hydrogens is 319 g/mol. The molecule has 1 N–H and O–H groups in total. The van der Waals surface area contributed by atoms with Crippen molar-refractivity contribution in [1.82, 2.24) is 5.32 Å². The number of hydrogen-bond donors (Lipinski definition) is 1. The topological polar surface area (TPSA) is 49.4 Å². The van der Waals surface area contributed by atoms with Gasteiger partial charge in [-0.1, -0.05) is 11.6 Å². The van der Waals surface area contributed by atoms with Crippen LogP contribution in [0, 0.1) is 5.82 Å². The maximum Gasteiger partial charge on any atom is 0.251 e. The Labute approximate surface area is 137 Å². The van der Waals surface area contributed by atoms with E-state index in [9.17, 15) is 14.0 Å². The Morgan fingerprint density at radius 3 is 2.43 bits per heavy atom. The monoisotopic (exact) mass is 332 g/mol. The van der Waals surface area contributed by atoms with Crippen molar-refractivity contribution in [1.29, 1.82) is 0 Å². The second-order valence-corrected chi connectivity index (χ2v) is 5.72. The number of nitrogens with one attached hydrogen (secondary N) is 1. The molecule has 4 nitrogen and oxygen atoms in total. The molecule has 3 rings (SSSR count). The lowest BCUT2D eigenvalue weighted by Crippen LogP contribution is -2.41. The predicted octanol–water partition coefficient (Wildman–Crippen LogP) is 3.01. The van der Waals surface area contributed by atoms with E-state index in [-0.39, 0.29) is 17.6 Å². The van der Waals surface area contributed by atoms with E-state index in [1.54, 1.807) is 41.3 Å². The van der Waals surface area contributed by atoms with Gasteiger partial charge in [-0.2, -0.15) is 0 Å². The molecule has 1 saturated heterocycles. The van der Waals surface area contributed by atoms with Crippen LogP contribution in [0.5, 0.6) is 0 Å². The molecule has 1 aliphatic rings. The summed E-state index contributed by atoms with van der Waals surface area (Å²) in [6.07, 6.45) is 0.509. The van der Waals surface area contributed by atoms with Crippen molar-refractivity contribution < 1.29 is 14.0 Å². The van der Waals surface area contributed by atoms with Gasteiger partial charge in [-0.15, -0.1) is 0 Å². The number of nitrogens with zero attached hydrogens (tertiary/aromatic N) is 1. The quantitative estimate of drug-likeness (QED) is 0.939. The normalized spacial score (nSPS) is 17.4. The third-order valence-electron chi connectivity index (χ3n) is 3.76. The van der Waals surface area contributed by atoms with Gasteiger partial charge in [-0.3, -0.25) is 9.59 Å². The molecule has 0 spiro atoms. The molecule has 0 aliphatic carbocycles. The molecule has 118 valence electrons. The summed E-state index contributed by atoms with van der Waals surface area (Å²) in [5.41, 5.74) is 1.07. The van der Waals surface area contributed by atoms with Gasteiger partial charge >= 0.3 is 0 Å². The number of carbonyl (C=O) groups is 2. The number of anilines is 1. The largest absolute Gasteiger partial charge is 0.340 e. The number of amides is 2. The second kappa shape index (κ2) is 6.38. The number of carbonyl (C=O) groups excluding carboxylic acids is 2. The average molecular weight is 333 g/mol. The highest BCUT2D eigenvalue weighted by Gasteiger charge is 2.33. The van der Waals surface area contributed by atoms with E-state index in [0.29, 0.717) is 29.2 Å². The van der Waals surface area contributed by atoms with E-state index in [1.165, 1.54) is 12.1 Å². The van der Waals surface area contributed by atoms with Crippen LogP contribution in [0.1, 0.15) is 16.8 Å². The maximum absolute atomic E-state index is 13.0. The van der Waals surface area contributed by atoms with Gasteiger partial charge in [0.1, 0.15) is 11.9 Å². The van der Waals surface area contributed by atoms with Crippen LogP contribution in [-0.2, 0) is 4.79 Å². The predicted molar refractivity (Wildman–Crippen MR) is 86.1 cm³/mol. The van der Waals surface area contributed by atoms with E-state index in [2.05, 4.69) is 5.32 Å². The van der Waals surface area contributed by atoms with Gasteiger partial charge in [0.25, 0.3) is 5.91 Å². The van der Waals surface area contributed by atoms with Crippen LogP contribution in [0.3, 0.4) is 0 Å². The highest BCUT2D eigenvalue weighted by molar-refractivity contribution is 6.30. The summed E-state index contributed by atoms with van der Waals surface area (Å²) in [6, 6.07) is 11.6. The zero-order chi connectivity index (χ0) is 16.4. The lowest BCUT2D eigenvalue weighted by Gasteiger charge is -2.17. The molecule has 6 heteroatoms. The molecule has 0 unspecified atom stereocenters. The molecule has 1 fully saturated rings. The first-order valence-electron chi connectivity index (χ1n) is 7.18. The first-order chi connectivity index (χ1) is 11.0. The Balaban J connectivity index is 1.68. The fourth-order valence-electron chi connectivity index (χ4n) is 2.53. The van der Waals surface area contributed by atoms with Gasteiger partial charge in [0.05, 0.1) is 0 Å². The summed E-state index contributed by atoms with van der Waals surface area (Å²) in [6.45, 7) is 0.482. The van der Waals surface area contributed by atoms with Gasteiger partial charge < -0.3 is 10.2 Å². The van der Waals surface area contributed by atoms with Crippen molar-refractivity contribution in [2.24, 2.45) is 0 Å². The van der Waals surface area contributed by atoms with Crippen LogP contribution in [0.4, 0.5) is 10.1 Å². The van der Waals surface area contributed by atoms with Crippen LogP contribution in [0.15, 0.2) is 48.5 Å². The van der Waals surface area contributed by atoms with Gasteiger partial charge in [0.15, 0.2) is 0 Å². The summed E-state index contributed by atoms with van der Waals surface area (Å²) in [7, 11) is 0. The molecule has 0 aromatic heterocycles. The maximum atomic E-state index is 13.0. The third-order valence-corrected chi connectivity index (χ3v) is 4.01. The minimum atomic E-state index is -0.580. The lowest BCUT2D eigenvalue weighted by atomic mass is 10.2. The van der Waals surface area contributed by atoms with Crippen molar-refractivity contribution in [3.63, 3.8) is 0 Å². The highest BCUT2D eigenvalue weighted by Crippen LogP contribution is 2.22. The molecule has 0 saturated carbocycles. The zero-order valence-corrected chi connectivity index (χ0v) is 12.9. The summed E-state index contributed by atoms with van der Waals surface area (Å²) in [4.78, 5) is 26.1. The molecule has 0 radical (unpaired) electrons. The smallest absolute Gasteiger partial charge is 0.251 e. The van der Waals surface area contributed by atoms with E-state index in [0.717, 1.165) is 0 Å². The molecule has 1 atom stereocenters. The van der Waals surface area contributed by atoms with Crippen molar-refractivity contribution in [2.75, 3.05) is 11.4 Å². The van der Waals surface area contributed by atoms with Crippen molar-refractivity contribution in [3.8, 4) is 0 Å². The Hall–Kier alpha value is -2.40. The average Bonchev–Trinajstić information content (AvgIpc) is 2.90. The summed E-state index contributed by atoms with van der Waals surface area (Å²) >= 11 is 5.79. The van der Waals surface area contributed by atoms with E-state index in [4.69, 9.17) is 11.6 Å². The van der Waals surface area contributed by atoms with Gasteiger partial charge in [-0.25, -0.2) is 4.39 Å². The lowest BCUT2D eigenvalue weighted by molar-refractivity contribution is -0.118. The number of hydrogen-bond acceptors (Lipinski definition) is 2. The number of benzene rings is 2. The molecule has 0 bridgehead atoms. The highest BCUT2D eigenvalue weighted by atomic mass is 35.5. The van der Waals surface area contributed by atoms with E-state index >= 15 is 0 Å². The van der Waals surface area contributed by atoms with Crippen LogP contribution in [0.25, 0.3) is 0 Å². The Morgan fingerprint density at radius 2 is 1.78 bits per heavy atom. The summed E-state index contributed by atoms with van der Waals surface area (Å²) < 4.78 is 13.0. The Bertz CT molecular complexity index is 731. The van der Waals surface area contributed by atoms with E-state index < -0.39 is 6.04 Å². The molecule has 2 amide bonds. The SMILES string of the molecule is O=C(N[C@H]1CCN(c2ccc(F)cc2)C1=O)c1ccc(Cl)cc1. The molecular formula is C17H14ClFN2O2. The number of rotatable bonds is 3. The molecule has 2 aromatic rings. The Kier molecular flexibility index (Phi) is 4.30. The standard InChI is InChI=1S/C17H14ClFN2O2/c18-12-3-1-11(2-4-12)16(22)20-15-9-10-21(17(15)23)14-7-5-13(19)6-8-14/h1-8,15H,9-10H2,(H,20,22)/t15-/m0/s1. The molecule has 1 aliphatic heterocycles. The Morgan fingerprint density at radius 1 is 1.13 bits per heavy atom. The van der Waals surface area contributed by atoms with Crippen molar-refractivity contribution in [2.45, 2.75) is 12.5 Å². The van der Waals surface area contributed by atoms with Gasteiger partial charge in [0.2, 0.25) is 5.91 Å². The number of halogens is 2. The molecule has 2 aromatic carbocycles. The van der Waals surface area contributed by atoms with Crippen LogP contribution in [-0.4, -0.2) is 24.4 Å². The first kappa shape index (κ1) is 15.5. The second-order valence-electron chi connectivity index (χ2n) is 5.29. The summed E-state index contributed by atoms with van der Waals surface area (Å²) in [5, 5.41) is 3.27. The summed E-state index contributed by atoms with van der Waals surface area (Å²) in [5.74, 6) is -0.868. The first-order valence-corrected chi connectivity index (χ1v) is 7.56.